The first-order chi connectivity index (χ1) is 17.4. The van der Waals surface area contributed by atoms with Gasteiger partial charge < -0.3 is 4.90 Å². The summed E-state index contributed by atoms with van der Waals surface area (Å²) in [5.41, 5.74) is 5.59. The predicted octanol–water partition coefficient (Wildman–Crippen LogP) is 4.51. The SMILES string of the molecule is Cc1[nH]n(-c2ccccc2)c(=O)c1C(c1ccc(N(C)C)cc1)c1c(C)[nH]n(-c2ccccc2)c1=O. The Hall–Kier alpha value is -4.52. The minimum atomic E-state index is -0.552. The van der Waals surface area contributed by atoms with Crippen molar-refractivity contribution in [3.8, 4) is 11.4 Å². The number of H-pyrrole nitrogens is 2. The number of aromatic amines is 2. The Balaban J connectivity index is 1.76. The maximum atomic E-state index is 13.9. The van der Waals surface area contributed by atoms with E-state index in [4.69, 9.17) is 0 Å². The van der Waals surface area contributed by atoms with E-state index in [1.807, 2.05) is 118 Å². The van der Waals surface area contributed by atoms with Crippen LogP contribution < -0.4 is 16.0 Å². The highest BCUT2D eigenvalue weighted by Gasteiger charge is 2.30. The quantitative estimate of drug-likeness (QED) is 0.376. The van der Waals surface area contributed by atoms with Crippen LogP contribution in [0.3, 0.4) is 0 Å². The van der Waals surface area contributed by atoms with E-state index in [2.05, 4.69) is 10.2 Å². The van der Waals surface area contributed by atoms with Crippen molar-refractivity contribution in [3.05, 3.63) is 134 Å². The van der Waals surface area contributed by atoms with Crippen molar-refractivity contribution in [2.24, 2.45) is 0 Å². The fourth-order valence-corrected chi connectivity index (χ4v) is 4.76. The Morgan fingerprint density at radius 2 is 1.06 bits per heavy atom. The molecule has 3 aromatic carbocycles. The number of aromatic nitrogens is 4. The van der Waals surface area contributed by atoms with Gasteiger partial charge in [-0.15, -0.1) is 0 Å². The van der Waals surface area contributed by atoms with Gasteiger partial charge in [-0.2, -0.15) is 0 Å². The molecule has 0 saturated heterocycles. The van der Waals surface area contributed by atoms with Gasteiger partial charge in [-0.05, 0) is 55.8 Å². The van der Waals surface area contributed by atoms with Gasteiger partial charge in [0.2, 0.25) is 0 Å². The monoisotopic (exact) mass is 479 g/mol. The van der Waals surface area contributed by atoms with E-state index in [1.54, 1.807) is 9.36 Å². The number of nitrogens with zero attached hydrogens (tertiary/aromatic N) is 3. The summed E-state index contributed by atoms with van der Waals surface area (Å²) in [6, 6.07) is 26.9. The smallest absolute Gasteiger partial charge is 0.275 e. The van der Waals surface area contributed by atoms with Crippen LogP contribution in [0.4, 0.5) is 5.69 Å². The molecule has 36 heavy (non-hydrogen) atoms. The van der Waals surface area contributed by atoms with E-state index in [0.717, 1.165) is 34.0 Å². The molecule has 7 nitrogen and oxygen atoms in total. The minimum absolute atomic E-state index is 0.174. The highest BCUT2D eigenvalue weighted by molar-refractivity contribution is 5.52. The molecule has 2 heterocycles. The van der Waals surface area contributed by atoms with Gasteiger partial charge in [0, 0.05) is 37.1 Å². The van der Waals surface area contributed by atoms with Crippen LogP contribution >= 0.6 is 0 Å². The zero-order valence-electron chi connectivity index (χ0n) is 20.8. The Labute approximate surface area is 209 Å². The lowest BCUT2D eigenvalue weighted by atomic mass is 9.85. The van der Waals surface area contributed by atoms with Crippen molar-refractivity contribution in [1.82, 2.24) is 19.6 Å². The fraction of sp³-hybridized carbons (Fsp3) is 0.172. The predicted molar refractivity (Wildman–Crippen MR) is 144 cm³/mol. The third-order valence-electron chi connectivity index (χ3n) is 6.58. The van der Waals surface area contributed by atoms with Crippen LogP contribution in [0.1, 0.15) is 34.0 Å². The molecule has 0 spiro atoms. The molecule has 0 fully saturated rings. The van der Waals surface area contributed by atoms with Crippen molar-refractivity contribution in [3.63, 3.8) is 0 Å². The van der Waals surface area contributed by atoms with Crippen LogP contribution in [0.25, 0.3) is 11.4 Å². The summed E-state index contributed by atoms with van der Waals surface area (Å²) < 4.78 is 3.09. The standard InChI is InChI=1S/C29H29N5O2/c1-19-25(28(35)33(30-19)23-11-7-5-8-12-23)27(21-15-17-22(18-16-21)32(3)4)26-20(2)31-34(29(26)36)24-13-9-6-10-14-24/h5-18,27,30-31H,1-4H3. The number of benzene rings is 3. The molecule has 0 aliphatic heterocycles. The van der Waals surface area contributed by atoms with E-state index >= 15 is 0 Å². The maximum Gasteiger partial charge on any atom is 0.275 e. The topological polar surface area (TPSA) is 78.8 Å². The number of anilines is 1. The van der Waals surface area contributed by atoms with Crippen molar-refractivity contribution in [1.29, 1.82) is 0 Å². The highest BCUT2D eigenvalue weighted by Crippen LogP contribution is 2.33. The van der Waals surface area contributed by atoms with Crippen molar-refractivity contribution in [2.75, 3.05) is 19.0 Å². The van der Waals surface area contributed by atoms with Gasteiger partial charge in [0.15, 0.2) is 0 Å². The molecule has 5 rings (SSSR count). The zero-order valence-corrected chi connectivity index (χ0v) is 20.8. The summed E-state index contributed by atoms with van der Waals surface area (Å²) in [7, 11) is 3.96. The lowest BCUT2D eigenvalue weighted by Gasteiger charge is -2.18. The summed E-state index contributed by atoms with van der Waals surface area (Å²) in [4.78, 5) is 29.7. The number of hydrogen-bond donors (Lipinski definition) is 2. The van der Waals surface area contributed by atoms with Crippen LogP contribution in [0.2, 0.25) is 0 Å². The third-order valence-corrected chi connectivity index (χ3v) is 6.58. The number of aryl methyl sites for hydroxylation is 2. The summed E-state index contributed by atoms with van der Waals surface area (Å²) in [6.45, 7) is 3.77. The molecule has 0 aliphatic carbocycles. The number of para-hydroxylation sites is 2. The average molecular weight is 480 g/mol. The molecule has 0 bridgehead atoms. The molecule has 7 heteroatoms. The molecule has 0 atom stereocenters. The van der Waals surface area contributed by atoms with E-state index in [9.17, 15) is 9.59 Å². The van der Waals surface area contributed by atoms with Gasteiger partial charge in [-0.1, -0.05) is 48.5 Å². The Morgan fingerprint density at radius 3 is 1.44 bits per heavy atom. The molecule has 0 radical (unpaired) electrons. The first-order valence-corrected chi connectivity index (χ1v) is 11.9. The molecule has 2 N–H and O–H groups in total. The van der Waals surface area contributed by atoms with Crippen molar-refractivity contribution < 1.29 is 0 Å². The minimum Gasteiger partial charge on any atom is -0.378 e. The van der Waals surface area contributed by atoms with Gasteiger partial charge in [-0.3, -0.25) is 19.8 Å². The fourth-order valence-electron chi connectivity index (χ4n) is 4.76. The number of hydrogen-bond acceptors (Lipinski definition) is 3. The largest absolute Gasteiger partial charge is 0.378 e. The van der Waals surface area contributed by atoms with E-state index < -0.39 is 5.92 Å². The van der Waals surface area contributed by atoms with Gasteiger partial charge in [0.05, 0.1) is 22.5 Å². The van der Waals surface area contributed by atoms with Crippen LogP contribution in [0, 0.1) is 13.8 Å². The number of nitrogens with one attached hydrogen (secondary N) is 2. The zero-order chi connectivity index (χ0) is 25.4. The second-order valence-corrected chi connectivity index (χ2v) is 9.17. The molecule has 0 saturated carbocycles. The number of rotatable bonds is 6. The first-order valence-electron chi connectivity index (χ1n) is 11.9. The lowest BCUT2D eigenvalue weighted by molar-refractivity contribution is 0.830. The Kier molecular flexibility index (Phi) is 5.98. The Bertz CT molecular complexity index is 1510. The van der Waals surface area contributed by atoms with Gasteiger partial charge in [0.25, 0.3) is 11.1 Å². The molecule has 0 unspecified atom stereocenters. The van der Waals surface area contributed by atoms with Crippen LogP contribution in [-0.4, -0.2) is 33.7 Å². The molecule has 0 aliphatic rings. The molecule has 0 amide bonds. The molecule has 5 aromatic rings. The van der Waals surface area contributed by atoms with E-state index in [1.165, 1.54) is 0 Å². The van der Waals surface area contributed by atoms with Gasteiger partial charge in [-0.25, -0.2) is 9.36 Å². The first kappa shape index (κ1) is 23.2. The second-order valence-electron chi connectivity index (χ2n) is 9.17. The van der Waals surface area contributed by atoms with Crippen LogP contribution in [0.15, 0.2) is 94.5 Å². The Morgan fingerprint density at radius 1 is 0.639 bits per heavy atom. The van der Waals surface area contributed by atoms with E-state index in [0.29, 0.717) is 11.1 Å². The van der Waals surface area contributed by atoms with Crippen LogP contribution in [-0.2, 0) is 0 Å². The second kappa shape index (κ2) is 9.26. The third kappa shape index (κ3) is 3.98. The lowest BCUT2D eigenvalue weighted by Crippen LogP contribution is -2.25. The molecular weight excluding hydrogens is 450 g/mol. The van der Waals surface area contributed by atoms with Crippen molar-refractivity contribution >= 4 is 5.69 Å². The van der Waals surface area contributed by atoms with Crippen molar-refractivity contribution in [2.45, 2.75) is 19.8 Å². The summed E-state index contributed by atoms with van der Waals surface area (Å²) in [5, 5.41) is 6.47. The summed E-state index contributed by atoms with van der Waals surface area (Å²) >= 11 is 0. The molecule has 2 aromatic heterocycles. The molecular formula is C29H29N5O2. The van der Waals surface area contributed by atoms with Gasteiger partial charge >= 0.3 is 0 Å². The highest BCUT2D eigenvalue weighted by atomic mass is 16.1. The van der Waals surface area contributed by atoms with E-state index in [-0.39, 0.29) is 11.1 Å². The van der Waals surface area contributed by atoms with Crippen LogP contribution in [0.5, 0.6) is 0 Å². The van der Waals surface area contributed by atoms with Gasteiger partial charge in [0.1, 0.15) is 0 Å². The molecule has 182 valence electrons. The normalized spacial score (nSPS) is 11.2. The average Bonchev–Trinajstić information content (AvgIpc) is 3.36. The summed E-state index contributed by atoms with van der Waals surface area (Å²) in [6.07, 6.45) is 0. The maximum absolute atomic E-state index is 13.9. The summed E-state index contributed by atoms with van der Waals surface area (Å²) in [5.74, 6) is -0.552.